The van der Waals surface area contributed by atoms with E-state index in [1.165, 1.54) is 12.2 Å². The quantitative estimate of drug-likeness (QED) is 0.439. The highest BCUT2D eigenvalue weighted by Crippen LogP contribution is 2.26. The van der Waals surface area contributed by atoms with Crippen LogP contribution in [0.5, 0.6) is 0 Å². The van der Waals surface area contributed by atoms with Gasteiger partial charge in [-0.05, 0) is 19.1 Å². The molecule has 1 unspecified atom stereocenters. The third-order valence-corrected chi connectivity index (χ3v) is 2.09. The van der Waals surface area contributed by atoms with E-state index in [1.54, 1.807) is 19.1 Å². The van der Waals surface area contributed by atoms with Gasteiger partial charge in [0.1, 0.15) is 0 Å². The molecule has 0 saturated carbocycles. The number of fused-ring (bicyclic) bond motifs is 1. The average molecular weight is 191 g/mol. The number of hydrogen-bond acceptors (Lipinski definition) is 4. The normalized spacial score (nSPS) is 30.4. The van der Waals surface area contributed by atoms with Gasteiger partial charge in [-0.1, -0.05) is 12.2 Å². The Labute approximate surface area is 80.7 Å². The van der Waals surface area contributed by atoms with E-state index in [1.807, 2.05) is 0 Å². The zero-order valence-corrected chi connectivity index (χ0v) is 7.61. The van der Waals surface area contributed by atoms with Gasteiger partial charge in [-0.25, -0.2) is 9.59 Å². The van der Waals surface area contributed by atoms with Crippen molar-refractivity contribution in [3.05, 3.63) is 35.5 Å². The highest BCUT2D eigenvalue weighted by molar-refractivity contribution is 6.18. The van der Waals surface area contributed by atoms with Gasteiger partial charge in [0.05, 0.1) is 16.7 Å². The molecular formula is C10H9NO3. The molecule has 1 aliphatic carbocycles. The summed E-state index contributed by atoms with van der Waals surface area (Å²) in [7, 11) is 0. The summed E-state index contributed by atoms with van der Waals surface area (Å²) in [5, 5.41) is 0. The second kappa shape index (κ2) is 2.65. The molecule has 72 valence electrons. The summed E-state index contributed by atoms with van der Waals surface area (Å²) in [4.78, 5) is 22.4. The first-order valence-corrected chi connectivity index (χ1v) is 4.18. The number of hydrogen-bond donors (Lipinski definition) is 1. The van der Waals surface area contributed by atoms with Crippen LogP contribution in [0.1, 0.15) is 6.92 Å². The third kappa shape index (κ3) is 1.29. The van der Waals surface area contributed by atoms with Crippen LogP contribution in [0, 0.1) is 0 Å². The molecular weight excluding hydrogens is 182 g/mol. The monoisotopic (exact) mass is 191 g/mol. The van der Waals surface area contributed by atoms with Gasteiger partial charge in [-0.2, -0.15) is 0 Å². The lowest BCUT2D eigenvalue weighted by Crippen LogP contribution is -2.31. The SMILES string of the molecule is CC1(N)C=CC=C2C(=O)OC(=O)C2=C1. The molecule has 2 N–H and O–H groups in total. The van der Waals surface area contributed by atoms with Gasteiger partial charge in [0.25, 0.3) is 0 Å². The Morgan fingerprint density at radius 2 is 1.93 bits per heavy atom. The largest absolute Gasteiger partial charge is 0.386 e. The van der Waals surface area contributed by atoms with Gasteiger partial charge in [-0.3, -0.25) is 0 Å². The summed E-state index contributed by atoms with van der Waals surface area (Å²) in [5.74, 6) is -1.23. The molecule has 0 aromatic rings. The van der Waals surface area contributed by atoms with Gasteiger partial charge in [0, 0.05) is 0 Å². The highest BCUT2D eigenvalue weighted by atomic mass is 16.6. The summed E-state index contributed by atoms with van der Waals surface area (Å²) >= 11 is 0. The Morgan fingerprint density at radius 1 is 1.29 bits per heavy atom. The number of rotatable bonds is 0. The lowest BCUT2D eigenvalue weighted by molar-refractivity contribution is -0.149. The van der Waals surface area contributed by atoms with Crippen LogP contribution in [0.15, 0.2) is 35.5 Å². The van der Waals surface area contributed by atoms with Crippen molar-refractivity contribution in [3.8, 4) is 0 Å². The lowest BCUT2D eigenvalue weighted by Gasteiger charge is -2.13. The van der Waals surface area contributed by atoms with Gasteiger partial charge < -0.3 is 10.5 Å². The van der Waals surface area contributed by atoms with Gasteiger partial charge >= 0.3 is 11.9 Å². The van der Waals surface area contributed by atoms with E-state index in [2.05, 4.69) is 4.74 Å². The predicted molar refractivity (Wildman–Crippen MR) is 49.0 cm³/mol. The Kier molecular flexibility index (Phi) is 1.69. The van der Waals surface area contributed by atoms with Gasteiger partial charge in [0.2, 0.25) is 0 Å². The fraction of sp³-hybridized carbons (Fsp3) is 0.200. The Balaban J connectivity index is 2.57. The highest BCUT2D eigenvalue weighted by Gasteiger charge is 2.35. The lowest BCUT2D eigenvalue weighted by atomic mass is 9.99. The first-order chi connectivity index (χ1) is 6.49. The molecule has 1 saturated heterocycles. The molecule has 4 nitrogen and oxygen atoms in total. The molecule has 1 heterocycles. The topological polar surface area (TPSA) is 69.4 Å². The number of carbonyl (C=O) groups is 2. The molecule has 2 rings (SSSR count). The number of carbonyl (C=O) groups excluding carboxylic acids is 2. The van der Waals surface area contributed by atoms with E-state index in [-0.39, 0.29) is 11.1 Å². The maximum atomic E-state index is 11.2. The minimum absolute atomic E-state index is 0.255. The van der Waals surface area contributed by atoms with Crippen molar-refractivity contribution in [2.75, 3.05) is 0 Å². The first kappa shape index (κ1) is 8.90. The Bertz CT molecular complexity index is 413. The van der Waals surface area contributed by atoms with Gasteiger partial charge in [0.15, 0.2) is 0 Å². The summed E-state index contributed by atoms with van der Waals surface area (Å²) in [6, 6.07) is 0. The first-order valence-electron chi connectivity index (χ1n) is 4.18. The van der Waals surface area contributed by atoms with Crippen molar-refractivity contribution in [2.45, 2.75) is 12.5 Å². The van der Waals surface area contributed by atoms with E-state index >= 15 is 0 Å². The van der Waals surface area contributed by atoms with Crippen LogP contribution >= 0.6 is 0 Å². The predicted octanol–water partition coefficient (Wildman–Crippen LogP) is 0.210. The van der Waals surface area contributed by atoms with E-state index in [0.29, 0.717) is 0 Å². The minimum Gasteiger partial charge on any atom is -0.386 e. The van der Waals surface area contributed by atoms with Crippen LogP contribution in [-0.4, -0.2) is 17.5 Å². The van der Waals surface area contributed by atoms with Crippen LogP contribution < -0.4 is 5.73 Å². The summed E-state index contributed by atoms with van der Waals surface area (Å²) in [6.07, 6.45) is 6.44. The molecule has 0 aromatic heterocycles. The van der Waals surface area contributed by atoms with E-state index < -0.39 is 17.5 Å². The molecule has 1 atom stereocenters. The second-order valence-corrected chi connectivity index (χ2v) is 3.54. The zero-order chi connectivity index (χ0) is 10.3. The maximum absolute atomic E-state index is 11.2. The minimum atomic E-state index is -0.725. The molecule has 4 heteroatoms. The standard InChI is InChI=1S/C10H9NO3/c1-10(11)4-2-3-6-7(5-10)9(13)14-8(6)12/h2-5H,11H2,1H3. The number of nitrogens with two attached hydrogens (primary N) is 1. The van der Waals surface area contributed by atoms with Crippen molar-refractivity contribution in [1.82, 2.24) is 0 Å². The Morgan fingerprint density at radius 3 is 2.64 bits per heavy atom. The van der Waals surface area contributed by atoms with E-state index in [9.17, 15) is 9.59 Å². The van der Waals surface area contributed by atoms with Crippen molar-refractivity contribution < 1.29 is 14.3 Å². The van der Waals surface area contributed by atoms with E-state index in [0.717, 1.165) is 0 Å². The van der Waals surface area contributed by atoms with E-state index in [4.69, 9.17) is 5.73 Å². The van der Waals surface area contributed by atoms with Crippen LogP contribution in [-0.2, 0) is 14.3 Å². The van der Waals surface area contributed by atoms with Crippen LogP contribution in [0.2, 0.25) is 0 Å². The summed E-state index contributed by atoms with van der Waals surface area (Å²) < 4.78 is 4.45. The van der Waals surface area contributed by atoms with Crippen molar-refractivity contribution in [3.63, 3.8) is 0 Å². The summed E-state index contributed by atoms with van der Waals surface area (Å²) in [6.45, 7) is 1.74. The Hall–Kier alpha value is -1.68. The van der Waals surface area contributed by atoms with Gasteiger partial charge in [-0.15, -0.1) is 0 Å². The molecule has 1 aliphatic heterocycles. The summed E-state index contributed by atoms with van der Waals surface area (Å²) in [5.41, 5.74) is 5.63. The van der Waals surface area contributed by atoms with Crippen LogP contribution in [0.3, 0.4) is 0 Å². The molecule has 2 aliphatic rings. The fourth-order valence-corrected chi connectivity index (χ4v) is 1.42. The number of esters is 2. The second-order valence-electron chi connectivity index (χ2n) is 3.54. The third-order valence-electron chi connectivity index (χ3n) is 2.09. The van der Waals surface area contributed by atoms with Crippen molar-refractivity contribution >= 4 is 11.9 Å². The average Bonchev–Trinajstić information content (AvgIpc) is 2.29. The molecule has 0 aromatic carbocycles. The number of ether oxygens (including phenoxy) is 1. The zero-order valence-electron chi connectivity index (χ0n) is 7.61. The molecule has 1 fully saturated rings. The molecule has 0 amide bonds. The molecule has 0 spiro atoms. The van der Waals surface area contributed by atoms with Crippen LogP contribution in [0.4, 0.5) is 0 Å². The van der Waals surface area contributed by atoms with Crippen molar-refractivity contribution in [2.24, 2.45) is 5.73 Å². The fourth-order valence-electron chi connectivity index (χ4n) is 1.42. The number of allylic oxidation sites excluding steroid dienone is 2. The van der Waals surface area contributed by atoms with Crippen molar-refractivity contribution in [1.29, 1.82) is 0 Å². The maximum Gasteiger partial charge on any atom is 0.346 e. The van der Waals surface area contributed by atoms with Crippen LogP contribution in [0.25, 0.3) is 0 Å². The smallest absolute Gasteiger partial charge is 0.346 e. The molecule has 0 radical (unpaired) electrons. The number of cyclic esters (lactones) is 2. The molecule has 0 bridgehead atoms. The molecule has 14 heavy (non-hydrogen) atoms.